The van der Waals surface area contributed by atoms with Gasteiger partial charge in [0.15, 0.2) is 0 Å². The molecule has 0 aliphatic heterocycles. The minimum absolute atomic E-state index is 0.0535. The maximum Gasteiger partial charge on any atom is 0.390 e. The molecule has 15 heavy (non-hydrogen) atoms. The van der Waals surface area contributed by atoms with Crippen molar-refractivity contribution in [3.05, 3.63) is 0 Å². The molecule has 0 bridgehead atoms. The lowest BCUT2D eigenvalue weighted by Gasteiger charge is -2.35. The lowest BCUT2D eigenvalue weighted by Crippen LogP contribution is -2.38. The van der Waals surface area contributed by atoms with E-state index in [1.165, 1.54) is 0 Å². The van der Waals surface area contributed by atoms with E-state index in [0.717, 1.165) is 19.3 Å². The van der Waals surface area contributed by atoms with Crippen LogP contribution in [0.1, 0.15) is 39.5 Å². The van der Waals surface area contributed by atoms with Crippen LogP contribution in [0.4, 0.5) is 13.2 Å². The Balaban J connectivity index is 2.44. The summed E-state index contributed by atoms with van der Waals surface area (Å²) in [5.41, 5.74) is 5.62. The zero-order valence-corrected chi connectivity index (χ0v) is 9.35. The van der Waals surface area contributed by atoms with E-state index >= 15 is 0 Å². The lowest BCUT2D eigenvalue weighted by atomic mass is 9.73. The highest BCUT2D eigenvalue weighted by atomic mass is 19.4. The van der Waals surface area contributed by atoms with Crippen molar-refractivity contribution in [2.45, 2.75) is 51.7 Å². The third-order valence-electron chi connectivity index (χ3n) is 3.71. The second kappa shape index (κ2) is 4.73. The summed E-state index contributed by atoms with van der Waals surface area (Å²) in [7, 11) is 0. The van der Waals surface area contributed by atoms with Crippen molar-refractivity contribution in [2.24, 2.45) is 23.5 Å². The molecule has 4 unspecified atom stereocenters. The van der Waals surface area contributed by atoms with Gasteiger partial charge >= 0.3 is 6.18 Å². The molecule has 0 aromatic rings. The van der Waals surface area contributed by atoms with Crippen molar-refractivity contribution in [1.29, 1.82) is 0 Å². The third-order valence-corrected chi connectivity index (χ3v) is 3.71. The molecule has 2 N–H and O–H groups in total. The van der Waals surface area contributed by atoms with E-state index in [-0.39, 0.29) is 5.92 Å². The molecular formula is C11H20F3N. The van der Waals surface area contributed by atoms with Crippen LogP contribution in [0.15, 0.2) is 0 Å². The average Bonchev–Trinajstić information content (AvgIpc) is 2.06. The highest BCUT2D eigenvalue weighted by molar-refractivity contribution is 4.83. The molecule has 1 aliphatic rings. The molecule has 1 nitrogen and oxygen atoms in total. The molecule has 1 aliphatic carbocycles. The van der Waals surface area contributed by atoms with Gasteiger partial charge in [-0.15, -0.1) is 0 Å². The molecule has 0 radical (unpaired) electrons. The predicted molar refractivity (Wildman–Crippen MR) is 54.3 cm³/mol. The number of hydrogen-bond acceptors (Lipinski definition) is 1. The fraction of sp³-hybridized carbons (Fsp3) is 1.00. The van der Waals surface area contributed by atoms with Gasteiger partial charge in [-0.1, -0.05) is 20.3 Å². The van der Waals surface area contributed by atoms with Crippen molar-refractivity contribution >= 4 is 0 Å². The summed E-state index contributed by atoms with van der Waals surface area (Å²) < 4.78 is 36.5. The summed E-state index contributed by atoms with van der Waals surface area (Å²) in [5.74, 6) is 1.18. The quantitative estimate of drug-likeness (QED) is 0.763. The van der Waals surface area contributed by atoms with E-state index in [2.05, 4.69) is 13.8 Å². The summed E-state index contributed by atoms with van der Waals surface area (Å²) in [6.07, 6.45) is -2.25. The van der Waals surface area contributed by atoms with Gasteiger partial charge in [0.25, 0.3) is 0 Å². The molecule has 0 saturated heterocycles. The van der Waals surface area contributed by atoms with Gasteiger partial charge in [0.2, 0.25) is 0 Å². The molecule has 1 rings (SSSR count). The van der Waals surface area contributed by atoms with Crippen LogP contribution in [-0.4, -0.2) is 12.2 Å². The Bertz CT molecular complexity index is 202. The van der Waals surface area contributed by atoms with Crippen LogP contribution in [0.25, 0.3) is 0 Å². The van der Waals surface area contributed by atoms with Gasteiger partial charge in [-0.2, -0.15) is 13.2 Å². The second-order valence-electron chi connectivity index (χ2n) is 5.01. The van der Waals surface area contributed by atoms with E-state index in [0.29, 0.717) is 11.8 Å². The van der Waals surface area contributed by atoms with Crippen molar-refractivity contribution < 1.29 is 13.2 Å². The molecule has 1 fully saturated rings. The van der Waals surface area contributed by atoms with Crippen LogP contribution >= 0.6 is 0 Å². The number of hydrogen-bond donors (Lipinski definition) is 1. The smallest absolute Gasteiger partial charge is 0.327 e. The fourth-order valence-electron chi connectivity index (χ4n) is 2.41. The van der Waals surface area contributed by atoms with Gasteiger partial charge in [-0.25, -0.2) is 0 Å². The Hall–Kier alpha value is -0.250. The normalized spacial score (nSPS) is 35.2. The van der Waals surface area contributed by atoms with Crippen LogP contribution in [0.5, 0.6) is 0 Å². The van der Waals surface area contributed by atoms with Gasteiger partial charge < -0.3 is 5.73 Å². The van der Waals surface area contributed by atoms with Gasteiger partial charge in [-0.05, 0) is 30.6 Å². The van der Waals surface area contributed by atoms with E-state index < -0.39 is 18.6 Å². The number of nitrogens with two attached hydrogens (primary N) is 1. The molecule has 0 aromatic heterocycles. The first-order chi connectivity index (χ1) is 6.79. The van der Waals surface area contributed by atoms with Crippen molar-refractivity contribution in [2.75, 3.05) is 0 Å². The highest BCUT2D eigenvalue weighted by Gasteiger charge is 2.36. The summed E-state index contributed by atoms with van der Waals surface area (Å²) >= 11 is 0. The SMILES string of the molecule is CC1CCC(C(N)CC(F)(F)F)CC1C. The van der Waals surface area contributed by atoms with Crippen LogP contribution < -0.4 is 5.73 Å². The topological polar surface area (TPSA) is 26.0 Å². The molecule has 4 atom stereocenters. The molecule has 1 saturated carbocycles. The molecule has 4 heteroatoms. The first kappa shape index (κ1) is 12.8. The molecule has 0 aromatic carbocycles. The number of alkyl halides is 3. The van der Waals surface area contributed by atoms with Gasteiger partial charge in [0, 0.05) is 6.04 Å². The molecule has 0 spiro atoms. The predicted octanol–water partition coefficient (Wildman–Crippen LogP) is 3.34. The van der Waals surface area contributed by atoms with E-state index in [4.69, 9.17) is 5.73 Å². The van der Waals surface area contributed by atoms with Crippen LogP contribution in [0, 0.1) is 17.8 Å². The van der Waals surface area contributed by atoms with E-state index in [9.17, 15) is 13.2 Å². The second-order valence-corrected chi connectivity index (χ2v) is 5.01. The van der Waals surface area contributed by atoms with Crippen molar-refractivity contribution in [1.82, 2.24) is 0 Å². The lowest BCUT2D eigenvalue weighted by molar-refractivity contribution is -0.141. The minimum Gasteiger partial charge on any atom is -0.327 e. The van der Waals surface area contributed by atoms with Crippen LogP contribution in [0.3, 0.4) is 0 Å². The summed E-state index contributed by atoms with van der Waals surface area (Å²) in [5, 5.41) is 0. The van der Waals surface area contributed by atoms with Crippen LogP contribution in [-0.2, 0) is 0 Å². The largest absolute Gasteiger partial charge is 0.390 e. The molecule has 0 amide bonds. The molecule has 90 valence electrons. The van der Waals surface area contributed by atoms with E-state index in [1.807, 2.05) is 0 Å². The van der Waals surface area contributed by atoms with Crippen molar-refractivity contribution in [3.8, 4) is 0 Å². The standard InChI is InChI=1S/C11H20F3N/c1-7-3-4-9(5-8(7)2)10(15)6-11(12,13)14/h7-10H,3-6,15H2,1-2H3. The number of halogens is 3. The maximum absolute atomic E-state index is 12.2. The van der Waals surface area contributed by atoms with E-state index in [1.54, 1.807) is 0 Å². The Kier molecular flexibility index (Phi) is 4.04. The molecule has 0 heterocycles. The minimum atomic E-state index is -4.12. The van der Waals surface area contributed by atoms with Gasteiger partial charge in [-0.3, -0.25) is 0 Å². The average molecular weight is 223 g/mol. The Morgan fingerprint density at radius 3 is 2.27 bits per heavy atom. The fourth-order valence-corrected chi connectivity index (χ4v) is 2.41. The summed E-state index contributed by atoms with van der Waals surface area (Å²) in [6.45, 7) is 4.27. The zero-order valence-electron chi connectivity index (χ0n) is 9.35. The number of rotatable bonds is 2. The first-order valence-corrected chi connectivity index (χ1v) is 5.62. The Labute approximate surface area is 89.2 Å². The zero-order chi connectivity index (χ0) is 11.6. The Morgan fingerprint density at radius 2 is 1.80 bits per heavy atom. The first-order valence-electron chi connectivity index (χ1n) is 5.62. The molecular weight excluding hydrogens is 203 g/mol. The van der Waals surface area contributed by atoms with Crippen molar-refractivity contribution in [3.63, 3.8) is 0 Å². The monoisotopic (exact) mass is 223 g/mol. The van der Waals surface area contributed by atoms with Gasteiger partial charge in [0.05, 0.1) is 6.42 Å². The Morgan fingerprint density at radius 1 is 1.20 bits per heavy atom. The summed E-state index contributed by atoms with van der Waals surface area (Å²) in [4.78, 5) is 0. The third kappa shape index (κ3) is 4.01. The van der Waals surface area contributed by atoms with Crippen LogP contribution in [0.2, 0.25) is 0 Å². The maximum atomic E-state index is 12.2. The highest BCUT2D eigenvalue weighted by Crippen LogP contribution is 2.36. The van der Waals surface area contributed by atoms with Gasteiger partial charge in [0.1, 0.15) is 0 Å². The summed E-state index contributed by atoms with van der Waals surface area (Å²) in [6, 6.07) is -0.708.